The molecule has 4 rings (SSSR count). The van der Waals surface area contributed by atoms with Crippen molar-refractivity contribution in [3.63, 3.8) is 0 Å². The number of likely N-dealkylation sites (tertiary alicyclic amines) is 1. The van der Waals surface area contributed by atoms with Gasteiger partial charge in [-0.1, -0.05) is 36.4 Å². The highest BCUT2D eigenvalue weighted by molar-refractivity contribution is 5.95. The fraction of sp³-hybridized carbons (Fsp3) is 0.360. The van der Waals surface area contributed by atoms with Crippen LogP contribution in [0.5, 0.6) is 0 Å². The van der Waals surface area contributed by atoms with E-state index in [1.165, 1.54) is 16.8 Å². The Bertz CT molecular complexity index is 972. The molecular formula is C25H30N4O. The molecule has 3 aromatic rings. The second-order valence-electron chi connectivity index (χ2n) is 8.31. The van der Waals surface area contributed by atoms with E-state index in [2.05, 4.69) is 40.5 Å². The van der Waals surface area contributed by atoms with Crippen LogP contribution in [0.4, 0.5) is 5.69 Å². The molecule has 156 valence electrons. The van der Waals surface area contributed by atoms with Crippen molar-refractivity contribution in [1.82, 2.24) is 15.1 Å². The number of rotatable bonds is 6. The summed E-state index contributed by atoms with van der Waals surface area (Å²) in [5.74, 6) is 0.571. The second-order valence-corrected chi connectivity index (χ2v) is 8.31. The van der Waals surface area contributed by atoms with E-state index in [9.17, 15) is 4.79 Å². The zero-order valence-corrected chi connectivity index (χ0v) is 17.8. The molecule has 2 heterocycles. The zero-order chi connectivity index (χ0) is 20.9. The Hall–Kier alpha value is -3.08. The van der Waals surface area contributed by atoms with Crippen molar-refractivity contribution in [2.24, 2.45) is 0 Å². The number of aromatic amines is 1. The molecule has 0 aliphatic carbocycles. The van der Waals surface area contributed by atoms with Gasteiger partial charge < -0.3 is 9.80 Å². The maximum Gasteiger partial charge on any atom is 0.253 e. The van der Waals surface area contributed by atoms with Crippen LogP contribution in [-0.4, -0.2) is 48.2 Å². The van der Waals surface area contributed by atoms with Crippen LogP contribution in [0.2, 0.25) is 0 Å². The summed E-state index contributed by atoms with van der Waals surface area (Å²) in [6.07, 6.45) is 5.93. The lowest BCUT2D eigenvalue weighted by atomic mass is 9.89. The van der Waals surface area contributed by atoms with Gasteiger partial charge >= 0.3 is 0 Å². The first-order valence-corrected chi connectivity index (χ1v) is 10.7. The Labute approximate surface area is 178 Å². The van der Waals surface area contributed by atoms with E-state index in [1.54, 1.807) is 0 Å². The van der Waals surface area contributed by atoms with Crippen LogP contribution >= 0.6 is 0 Å². The number of carbonyl (C=O) groups excluding carboxylic acids is 1. The maximum absolute atomic E-state index is 13.0. The van der Waals surface area contributed by atoms with Crippen LogP contribution in [-0.2, 0) is 12.8 Å². The maximum atomic E-state index is 13.0. The van der Waals surface area contributed by atoms with Crippen molar-refractivity contribution in [2.45, 2.75) is 31.6 Å². The minimum absolute atomic E-state index is 0.131. The van der Waals surface area contributed by atoms with Gasteiger partial charge in [-0.15, -0.1) is 0 Å². The number of hydrogen-bond donors (Lipinski definition) is 1. The summed E-state index contributed by atoms with van der Waals surface area (Å²) < 4.78 is 0. The largest absolute Gasteiger partial charge is 0.378 e. The first-order valence-electron chi connectivity index (χ1n) is 10.7. The van der Waals surface area contributed by atoms with E-state index in [0.717, 1.165) is 50.0 Å². The molecule has 1 aliphatic rings. The molecule has 1 aliphatic heterocycles. The second kappa shape index (κ2) is 9.16. The number of carbonyl (C=O) groups is 1. The van der Waals surface area contributed by atoms with Crippen molar-refractivity contribution < 1.29 is 4.79 Å². The molecule has 1 fully saturated rings. The van der Waals surface area contributed by atoms with Crippen LogP contribution < -0.4 is 4.90 Å². The van der Waals surface area contributed by atoms with Gasteiger partial charge in [-0.25, -0.2) is 0 Å². The quantitative estimate of drug-likeness (QED) is 0.670. The monoisotopic (exact) mass is 402 g/mol. The van der Waals surface area contributed by atoms with Gasteiger partial charge in [0.25, 0.3) is 5.91 Å². The Morgan fingerprint density at radius 2 is 1.83 bits per heavy atom. The van der Waals surface area contributed by atoms with E-state index in [0.29, 0.717) is 5.92 Å². The Kier molecular flexibility index (Phi) is 6.17. The third-order valence-corrected chi connectivity index (χ3v) is 6.08. The Morgan fingerprint density at radius 1 is 1.07 bits per heavy atom. The molecule has 0 bridgehead atoms. The molecule has 0 spiro atoms. The van der Waals surface area contributed by atoms with E-state index in [-0.39, 0.29) is 5.91 Å². The molecule has 1 amide bonds. The third kappa shape index (κ3) is 4.56. The predicted molar refractivity (Wildman–Crippen MR) is 121 cm³/mol. The number of amides is 1. The summed E-state index contributed by atoms with van der Waals surface area (Å²) in [7, 11) is 3.99. The number of anilines is 1. The number of aryl methyl sites for hydroxylation is 2. The predicted octanol–water partition coefficient (Wildman–Crippen LogP) is 4.28. The first kappa shape index (κ1) is 20.2. The highest BCUT2D eigenvalue weighted by atomic mass is 16.2. The highest BCUT2D eigenvalue weighted by Crippen LogP contribution is 2.30. The van der Waals surface area contributed by atoms with Crippen molar-refractivity contribution in [1.29, 1.82) is 0 Å². The molecule has 5 nitrogen and oxygen atoms in total. The van der Waals surface area contributed by atoms with Gasteiger partial charge in [-0.2, -0.15) is 5.10 Å². The fourth-order valence-electron chi connectivity index (χ4n) is 4.27. The van der Waals surface area contributed by atoms with Gasteiger partial charge in [0.05, 0.1) is 6.20 Å². The summed E-state index contributed by atoms with van der Waals surface area (Å²) in [6.45, 7) is 1.57. The third-order valence-electron chi connectivity index (χ3n) is 6.08. The molecule has 0 unspecified atom stereocenters. The number of H-pyrrole nitrogens is 1. The van der Waals surface area contributed by atoms with Crippen molar-refractivity contribution >= 4 is 11.6 Å². The van der Waals surface area contributed by atoms with Gasteiger partial charge in [0.1, 0.15) is 0 Å². The number of piperidine rings is 1. The van der Waals surface area contributed by atoms with E-state index in [1.807, 2.05) is 54.4 Å². The molecule has 0 atom stereocenters. The zero-order valence-electron chi connectivity index (χ0n) is 17.8. The smallest absolute Gasteiger partial charge is 0.253 e. The SMILES string of the molecule is CN(C)c1cccc(C(=O)N2CCC(c3[nH]ncc3CCc3ccccc3)CC2)c1. The number of aromatic nitrogens is 2. The van der Waals surface area contributed by atoms with Gasteiger partial charge in [0.2, 0.25) is 0 Å². The molecule has 1 aromatic heterocycles. The Balaban J connectivity index is 1.36. The van der Waals surface area contributed by atoms with Gasteiger partial charge in [0, 0.05) is 50.0 Å². The molecule has 30 heavy (non-hydrogen) atoms. The van der Waals surface area contributed by atoms with Crippen LogP contribution in [0.1, 0.15) is 45.9 Å². The highest BCUT2D eigenvalue weighted by Gasteiger charge is 2.27. The molecule has 1 saturated heterocycles. The minimum Gasteiger partial charge on any atom is -0.378 e. The molecule has 2 aromatic carbocycles. The summed E-state index contributed by atoms with van der Waals surface area (Å²) in [5, 5.41) is 7.58. The summed E-state index contributed by atoms with van der Waals surface area (Å²) in [6, 6.07) is 18.5. The normalized spacial score (nSPS) is 14.7. The number of hydrogen-bond acceptors (Lipinski definition) is 3. The summed E-state index contributed by atoms with van der Waals surface area (Å²) in [5.41, 5.74) is 5.74. The van der Waals surface area contributed by atoms with E-state index in [4.69, 9.17) is 0 Å². The number of nitrogens with one attached hydrogen (secondary N) is 1. The van der Waals surface area contributed by atoms with E-state index >= 15 is 0 Å². The summed E-state index contributed by atoms with van der Waals surface area (Å²) >= 11 is 0. The first-order chi connectivity index (χ1) is 14.6. The standard InChI is InChI=1S/C25H30N4O/c1-28(2)23-10-6-9-21(17-23)25(30)29-15-13-20(14-16-29)24-22(18-26-27-24)12-11-19-7-4-3-5-8-19/h3-10,17-18,20H,11-16H2,1-2H3,(H,26,27). The van der Waals surface area contributed by atoms with Crippen molar-refractivity contribution in [3.8, 4) is 0 Å². The number of nitrogens with zero attached hydrogens (tertiary/aromatic N) is 3. The van der Waals surface area contributed by atoms with Crippen LogP contribution in [0.3, 0.4) is 0 Å². The Morgan fingerprint density at radius 3 is 2.57 bits per heavy atom. The molecule has 5 heteroatoms. The number of benzene rings is 2. The molecular weight excluding hydrogens is 372 g/mol. The van der Waals surface area contributed by atoms with Gasteiger partial charge in [-0.3, -0.25) is 9.89 Å². The molecule has 0 radical (unpaired) electrons. The average molecular weight is 403 g/mol. The van der Waals surface area contributed by atoms with Crippen LogP contribution in [0, 0.1) is 0 Å². The van der Waals surface area contributed by atoms with Gasteiger partial charge in [0.15, 0.2) is 0 Å². The van der Waals surface area contributed by atoms with Crippen LogP contribution in [0.15, 0.2) is 60.8 Å². The molecule has 0 saturated carbocycles. The average Bonchev–Trinajstić information content (AvgIpc) is 3.27. The van der Waals surface area contributed by atoms with Crippen molar-refractivity contribution in [2.75, 3.05) is 32.1 Å². The lowest BCUT2D eigenvalue weighted by Gasteiger charge is -2.32. The molecule has 1 N–H and O–H groups in total. The van der Waals surface area contributed by atoms with Crippen molar-refractivity contribution in [3.05, 3.63) is 83.2 Å². The topological polar surface area (TPSA) is 52.2 Å². The fourth-order valence-corrected chi connectivity index (χ4v) is 4.27. The van der Waals surface area contributed by atoms with Gasteiger partial charge in [-0.05, 0) is 55.0 Å². The van der Waals surface area contributed by atoms with E-state index < -0.39 is 0 Å². The lowest BCUT2D eigenvalue weighted by molar-refractivity contribution is 0.0712. The van der Waals surface area contributed by atoms with Crippen LogP contribution in [0.25, 0.3) is 0 Å². The minimum atomic E-state index is 0.131. The lowest BCUT2D eigenvalue weighted by Crippen LogP contribution is -2.38. The summed E-state index contributed by atoms with van der Waals surface area (Å²) in [4.78, 5) is 17.0.